The molecular formula is C24H54O15P3-3. The van der Waals surface area contributed by atoms with Crippen molar-refractivity contribution in [2.75, 3.05) is 39.6 Å². The average Bonchev–Trinajstić information content (AvgIpc) is 2.94. The van der Waals surface area contributed by atoms with Crippen LogP contribution in [0.15, 0.2) is 0 Å². The van der Waals surface area contributed by atoms with Gasteiger partial charge in [0.05, 0.1) is 38.1 Å². The Hall–Kier alpha value is 0.210. The zero-order valence-electron chi connectivity index (χ0n) is 25.9. The van der Waals surface area contributed by atoms with Crippen LogP contribution in [0.25, 0.3) is 0 Å². The minimum Gasteiger partial charge on any atom is -0.756 e. The molecule has 42 heavy (non-hydrogen) atoms. The summed E-state index contributed by atoms with van der Waals surface area (Å²) in [5.74, 6) is 0. The summed E-state index contributed by atoms with van der Waals surface area (Å²) in [6.07, 6.45) is 3.72. The lowest BCUT2D eigenvalue weighted by Gasteiger charge is -2.26. The Labute approximate surface area is 251 Å². The molecule has 258 valence electrons. The van der Waals surface area contributed by atoms with Gasteiger partial charge in [0.1, 0.15) is 0 Å². The van der Waals surface area contributed by atoms with Gasteiger partial charge in [-0.05, 0) is 57.8 Å². The molecule has 0 bridgehead atoms. The highest BCUT2D eigenvalue weighted by Gasteiger charge is 2.16. The first-order valence-electron chi connectivity index (χ1n) is 14.4. The van der Waals surface area contributed by atoms with Crippen molar-refractivity contribution >= 4 is 23.5 Å². The number of phosphoric acid groups is 3. The molecule has 0 amide bonds. The fourth-order valence-corrected chi connectivity index (χ4v) is 5.91. The van der Waals surface area contributed by atoms with Crippen molar-refractivity contribution in [2.45, 2.75) is 118 Å². The first-order valence-corrected chi connectivity index (χ1v) is 18.8. The van der Waals surface area contributed by atoms with E-state index in [1.165, 1.54) is 0 Å². The van der Waals surface area contributed by atoms with Gasteiger partial charge >= 0.3 is 0 Å². The maximum atomic E-state index is 11.1. The highest BCUT2D eigenvalue weighted by Crippen LogP contribution is 2.42. The summed E-state index contributed by atoms with van der Waals surface area (Å²) in [4.78, 5) is 33.4. The van der Waals surface area contributed by atoms with Crippen LogP contribution in [0.4, 0.5) is 0 Å². The first-order chi connectivity index (χ1) is 19.7. The van der Waals surface area contributed by atoms with Crippen molar-refractivity contribution in [3.63, 3.8) is 0 Å². The van der Waals surface area contributed by atoms with Crippen molar-refractivity contribution in [2.24, 2.45) is 0 Å². The van der Waals surface area contributed by atoms with Crippen LogP contribution in [-0.4, -0.2) is 73.3 Å². The molecule has 0 saturated carbocycles. The number of hydrogen-bond acceptors (Lipinski definition) is 15. The molecule has 0 rings (SSSR count). The van der Waals surface area contributed by atoms with E-state index in [9.17, 15) is 28.4 Å². The standard InChI is InChI=1S/3C8H19O5P/c3*1-3-8(4-2)13-14(10,11)12-7-5-6-9/h3*8-9H,3-7H2,1-2H3,(H,10,11)/p-3. The van der Waals surface area contributed by atoms with E-state index >= 15 is 0 Å². The van der Waals surface area contributed by atoms with E-state index in [0.29, 0.717) is 57.8 Å². The monoisotopic (exact) mass is 675 g/mol. The van der Waals surface area contributed by atoms with Gasteiger partial charge in [0.2, 0.25) is 0 Å². The van der Waals surface area contributed by atoms with Crippen LogP contribution in [-0.2, 0) is 40.8 Å². The molecule has 3 unspecified atom stereocenters. The Morgan fingerprint density at radius 1 is 0.476 bits per heavy atom. The smallest absolute Gasteiger partial charge is 0.268 e. The fraction of sp³-hybridized carbons (Fsp3) is 1.00. The Morgan fingerprint density at radius 3 is 0.810 bits per heavy atom. The average molecular weight is 676 g/mol. The van der Waals surface area contributed by atoms with E-state index in [1.807, 2.05) is 41.5 Å². The lowest BCUT2D eigenvalue weighted by atomic mass is 10.2. The summed E-state index contributed by atoms with van der Waals surface area (Å²) < 4.78 is 61.3. The molecule has 0 aromatic carbocycles. The van der Waals surface area contributed by atoms with Crippen LogP contribution in [0.1, 0.15) is 99.3 Å². The van der Waals surface area contributed by atoms with E-state index < -0.39 is 23.5 Å². The van der Waals surface area contributed by atoms with Gasteiger partial charge in [0.15, 0.2) is 0 Å². The molecule has 0 aliphatic heterocycles. The SMILES string of the molecule is CCC(CC)OP(=O)([O-])OCCCO.CCC(CC)OP(=O)([O-])OCCCO.CCC(CC)OP(=O)([O-])OCCCO. The van der Waals surface area contributed by atoms with E-state index in [-0.39, 0.29) is 58.0 Å². The largest absolute Gasteiger partial charge is 0.756 e. The Bertz CT molecular complexity index is 637. The lowest BCUT2D eigenvalue weighted by molar-refractivity contribution is -0.231. The molecule has 0 aromatic rings. The predicted molar refractivity (Wildman–Crippen MR) is 152 cm³/mol. The highest BCUT2D eigenvalue weighted by molar-refractivity contribution is 7.46. The molecule has 0 heterocycles. The van der Waals surface area contributed by atoms with Gasteiger partial charge in [-0.2, -0.15) is 0 Å². The summed E-state index contributed by atoms with van der Waals surface area (Å²) in [7, 11) is -12.5. The predicted octanol–water partition coefficient (Wildman–Crippen LogP) is 3.18. The third kappa shape index (κ3) is 30.2. The molecule has 15 nitrogen and oxygen atoms in total. The van der Waals surface area contributed by atoms with E-state index in [2.05, 4.69) is 13.6 Å². The quantitative estimate of drug-likeness (QED) is 0.0984. The number of aliphatic hydroxyl groups is 3. The van der Waals surface area contributed by atoms with E-state index in [0.717, 1.165) is 0 Å². The molecule has 3 atom stereocenters. The van der Waals surface area contributed by atoms with Crippen LogP contribution < -0.4 is 14.7 Å². The minimum absolute atomic E-state index is 0.0303. The van der Waals surface area contributed by atoms with Crippen molar-refractivity contribution in [1.82, 2.24) is 0 Å². The maximum absolute atomic E-state index is 11.1. The van der Waals surface area contributed by atoms with Gasteiger partial charge < -0.3 is 57.1 Å². The number of phosphoric ester groups is 3. The molecule has 0 saturated heterocycles. The maximum Gasteiger partial charge on any atom is 0.268 e. The number of aliphatic hydroxyl groups excluding tert-OH is 3. The minimum atomic E-state index is -4.17. The Morgan fingerprint density at radius 2 is 0.667 bits per heavy atom. The zero-order valence-corrected chi connectivity index (χ0v) is 28.6. The Kier molecular flexibility index (Phi) is 31.8. The normalized spacial score (nSPS) is 15.8. The lowest BCUT2D eigenvalue weighted by Crippen LogP contribution is -2.16. The van der Waals surface area contributed by atoms with Crippen molar-refractivity contribution in [3.8, 4) is 0 Å². The second kappa shape index (κ2) is 28.7. The van der Waals surface area contributed by atoms with Gasteiger partial charge in [0.25, 0.3) is 23.5 Å². The second-order valence-corrected chi connectivity index (χ2v) is 12.8. The first kappa shape index (κ1) is 46.6. The fourth-order valence-electron chi connectivity index (χ4n) is 2.67. The van der Waals surface area contributed by atoms with Crippen molar-refractivity contribution in [3.05, 3.63) is 0 Å². The Balaban J connectivity index is -0.000000543. The third-order valence-electron chi connectivity index (χ3n) is 5.22. The van der Waals surface area contributed by atoms with E-state index in [1.54, 1.807) is 0 Å². The van der Waals surface area contributed by atoms with Gasteiger partial charge in [0, 0.05) is 19.8 Å². The molecule has 0 aliphatic carbocycles. The van der Waals surface area contributed by atoms with Crippen LogP contribution in [0.5, 0.6) is 0 Å². The van der Waals surface area contributed by atoms with Gasteiger partial charge in [-0.1, -0.05) is 41.5 Å². The molecule has 0 fully saturated rings. The van der Waals surface area contributed by atoms with Crippen LogP contribution in [0.2, 0.25) is 0 Å². The topological polar surface area (TPSA) is 236 Å². The molecule has 0 radical (unpaired) electrons. The second-order valence-electron chi connectivity index (χ2n) is 8.70. The summed E-state index contributed by atoms with van der Waals surface area (Å²) in [6, 6.07) is 0. The van der Waals surface area contributed by atoms with Crippen LogP contribution >= 0.6 is 23.5 Å². The molecule has 3 N–H and O–H groups in total. The summed E-state index contributed by atoms with van der Waals surface area (Å²) in [6.45, 7) is 10.7. The van der Waals surface area contributed by atoms with Gasteiger partial charge in [-0.15, -0.1) is 0 Å². The van der Waals surface area contributed by atoms with Crippen molar-refractivity contribution in [1.29, 1.82) is 0 Å². The summed E-state index contributed by atoms with van der Waals surface area (Å²) in [5.41, 5.74) is 0. The molecule has 0 spiro atoms. The van der Waals surface area contributed by atoms with Gasteiger partial charge in [-0.25, -0.2) is 0 Å². The van der Waals surface area contributed by atoms with E-state index in [4.69, 9.17) is 28.9 Å². The zero-order chi connectivity index (χ0) is 33.1. The highest BCUT2D eigenvalue weighted by atomic mass is 31.2. The van der Waals surface area contributed by atoms with Crippen molar-refractivity contribution < 1.29 is 70.8 Å². The molecule has 18 heteroatoms. The van der Waals surface area contributed by atoms with Crippen LogP contribution in [0.3, 0.4) is 0 Å². The van der Waals surface area contributed by atoms with Gasteiger partial charge in [-0.3, -0.25) is 13.7 Å². The molecule has 0 aliphatic rings. The third-order valence-corrected chi connectivity index (χ3v) is 8.39. The number of rotatable bonds is 24. The van der Waals surface area contributed by atoms with Crippen LogP contribution in [0, 0.1) is 0 Å². The molecular weight excluding hydrogens is 621 g/mol. The molecule has 0 aromatic heterocycles. The summed E-state index contributed by atoms with van der Waals surface area (Å²) >= 11 is 0. The summed E-state index contributed by atoms with van der Waals surface area (Å²) in [5, 5.41) is 25.3. The number of hydrogen-bond donors (Lipinski definition) is 3.